The molecule has 0 spiro atoms. The van der Waals surface area contributed by atoms with Crippen LogP contribution in [-0.2, 0) is 0 Å². The lowest BCUT2D eigenvalue weighted by Crippen LogP contribution is -2.47. The number of carbonyl (C=O) groups excluding carboxylic acids is 2. The molecule has 9 heteroatoms. The molecule has 0 unspecified atom stereocenters. The summed E-state index contributed by atoms with van der Waals surface area (Å²) in [5.74, 6) is 0.735. The highest BCUT2D eigenvalue weighted by Crippen LogP contribution is 2.31. The van der Waals surface area contributed by atoms with E-state index in [4.69, 9.17) is 10.00 Å². The van der Waals surface area contributed by atoms with E-state index in [-0.39, 0.29) is 11.9 Å². The first-order chi connectivity index (χ1) is 20.0. The van der Waals surface area contributed by atoms with E-state index in [1.165, 1.54) is 6.42 Å². The number of carbonyl (C=O) groups is 2. The summed E-state index contributed by atoms with van der Waals surface area (Å²) in [6.07, 6.45) is 5.44. The first-order valence-corrected chi connectivity index (χ1v) is 14.2. The molecule has 3 amide bonds. The van der Waals surface area contributed by atoms with Crippen LogP contribution in [0.4, 0.5) is 27.5 Å². The van der Waals surface area contributed by atoms with Crippen molar-refractivity contribution in [1.82, 2.24) is 5.32 Å². The molecule has 0 aromatic heterocycles. The lowest BCUT2D eigenvalue weighted by Gasteiger charge is -2.38. The van der Waals surface area contributed by atoms with E-state index in [1.807, 2.05) is 30.3 Å². The summed E-state index contributed by atoms with van der Waals surface area (Å²) in [6, 6.07) is 22.0. The number of ether oxygens (including phenoxy) is 1. The Hall–Kier alpha value is -4.71. The number of amides is 3. The molecule has 3 aromatic carbocycles. The monoisotopic (exact) mass is 552 g/mol. The van der Waals surface area contributed by atoms with E-state index in [1.54, 1.807) is 37.4 Å². The van der Waals surface area contributed by atoms with Crippen LogP contribution in [0.3, 0.4) is 0 Å². The quantitative estimate of drug-likeness (QED) is 0.352. The maximum Gasteiger partial charge on any atom is 0.323 e. The molecule has 212 valence electrons. The predicted molar refractivity (Wildman–Crippen MR) is 162 cm³/mol. The number of para-hydroxylation sites is 2. The number of anilines is 4. The Bertz CT molecular complexity index is 1400. The number of rotatable bonds is 7. The summed E-state index contributed by atoms with van der Waals surface area (Å²) in [7, 11) is 1.69. The Morgan fingerprint density at radius 1 is 0.829 bits per heavy atom. The molecule has 1 saturated heterocycles. The Morgan fingerprint density at radius 3 is 2.15 bits per heavy atom. The highest BCUT2D eigenvalue weighted by Gasteiger charge is 2.25. The minimum atomic E-state index is -0.425. The smallest absolute Gasteiger partial charge is 0.323 e. The van der Waals surface area contributed by atoms with Gasteiger partial charge in [-0.3, -0.25) is 4.79 Å². The number of nitriles is 1. The van der Waals surface area contributed by atoms with Gasteiger partial charge in [0, 0.05) is 49.3 Å². The van der Waals surface area contributed by atoms with Gasteiger partial charge in [-0.05, 0) is 67.4 Å². The van der Waals surface area contributed by atoms with Crippen molar-refractivity contribution in [2.24, 2.45) is 0 Å². The second kappa shape index (κ2) is 13.1. The van der Waals surface area contributed by atoms with Gasteiger partial charge >= 0.3 is 6.03 Å². The van der Waals surface area contributed by atoms with Gasteiger partial charge in [0.1, 0.15) is 5.75 Å². The van der Waals surface area contributed by atoms with E-state index >= 15 is 0 Å². The minimum Gasteiger partial charge on any atom is -0.495 e. The van der Waals surface area contributed by atoms with Gasteiger partial charge < -0.3 is 30.5 Å². The molecule has 2 fully saturated rings. The lowest BCUT2D eigenvalue weighted by atomic mass is 9.95. The highest BCUT2D eigenvalue weighted by molar-refractivity contribution is 6.04. The average Bonchev–Trinajstić information content (AvgIpc) is 3.02. The van der Waals surface area contributed by atoms with Crippen LogP contribution in [0.25, 0.3) is 0 Å². The Morgan fingerprint density at radius 2 is 1.46 bits per heavy atom. The second-order valence-corrected chi connectivity index (χ2v) is 10.5. The van der Waals surface area contributed by atoms with Crippen molar-refractivity contribution in [2.45, 2.75) is 38.1 Å². The zero-order chi connectivity index (χ0) is 28.6. The molecule has 2 aliphatic rings. The molecule has 5 rings (SSSR count). The topological polar surface area (TPSA) is 110 Å². The normalized spacial score (nSPS) is 15.5. The third-order valence-corrected chi connectivity index (χ3v) is 7.76. The highest BCUT2D eigenvalue weighted by atomic mass is 16.5. The second-order valence-electron chi connectivity index (χ2n) is 10.5. The van der Waals surface area contributed by atoms with Crippen molar-refractivity contribution in [1.29, 1.82) is 5.26 Å². The maximum atomic E-state index is 13.6. The van der Waals surface area contributed by atoms with E-state index in [9.17, 15) is 9.59 Å². The number of nitrogens with one attached hydrogen (secondary N) is 3. The minimum absolute atomic E-state index is 0.116. The Labute approximate surface area is 241 Å². The third-order valence-electron chi connectivity index (χ3n) is 7.76. The molecule has 3 aromatic rings. The van der Waals surface area contributed by atoms with Gasteiger partial charge in [-0.25, -0.2) is 4.79 Å². The van der Waals surface area contributed by atoms with E-state index < -0.39 is 6.03 Å². The molecular weight excluding hydrogens is 516 g/mol. The van der Waals surface area contributed by atoms with E-state index in [0.717, 1.165) is 69.0 Å². The molecule has 1 aliphatic carbocycles. The number of nitrogens with zero attached hydrogens (tertiary/aromatic N) is 3. The standard InChI is InChI=1S/C32H36N6O3/c1-41-30-10-6-5-9-29(30)38-19-17-37(18-20-38)28-16-15-26(21-27(28)31(39)34-24-7-3-2-4-8-24)36-32(40)35-25-13-11-23(22-33)12-14-25/h5-6,9-16,21,24H,2-4,7-8,17-20H2,1H3,(H,34,39)(H2,35,36,40). The van der Waals surface area contributed by atoms with Crippen LogP contribution in [0.5, 0.6) is 5.75 Å². The van der Waals surface area contributed by atoms with Gasteiger partial charge in [0.2, 0.25) is 0 Å². The Kier molecular flexibility index (Phi) is 8.89. The van der Waals surface area contributed by atoms with E-state index in [0.29, 0.717) is 22.5 Å². The first-order valence-electron chi connectivity index (χ1n) is 14.2. The fourth-order valence-electron chi connectivity index (χ4n) is 5.58. The van der Waals surface area contributed by atoms with Crippen molar-refractivity contribution < 1.29 is 14.3 Å². The number of methoxy groups -OCH3 is 1. The van der Waals surface area contributed by atoms with Gasteiger partial charge in [0.25, 0.3) is 5.91 Å². The number of hydrogen-bond donors (Lipinski definition) is 3. The molecule has 0 atom stereocenters. The summed E-state index contributed by atoms with van der Waals surface area (Å²) < 4.78 is 5.56. The molecule has 9 nitrogen and oxygen atoms in total. The molecule has 1 heterocycles. The first kappa shape index (κ1) is 27.8. The van der Waals surface area contributed by atoms with Crippen molar-refractivity contribution in [3.05, 3.63) is 77.9 Å². The summed E-state index contributed by atoms with van der Waals surface area (Å²) in [6.45, 7) is 3.07. The number of hydrogen-bond acceptors (Lipinski definition) is 6. The molecule has 0 radical (unpaired) electrons. The summed E-state index contributed by atoms with van der Waals surface area (Å²) in [4.78, 5) is 30.9. The fourth-order valence-corrected chi connectivity index (χ4v) is 5.58. The van der Waals surface area contributed by atoms with Gasteiger partial charge in [0.05, 0.1) is 30.0 Å². The number of urea groups is 1. The summed E-state index contributed by atoms with van der Waals surface area (Å²) in [5.41, 5.74) is 4.10. The maximum absolute atomic E-state index is 13.6. The van der Waals surface area contributed by atoms with Crippen LogP contribution in [0, 0.1) is 11.3 Å². The number of piperazine rings is 1. The van der Waals surface area contributed by atoms with Crippen LogP contribution in [-0.4, -0.2) is 51.3 Å². The molecular formula is C32H36N6O3. The molecule has 0 bridgehead atoms. The van der Waals surface area contributed by atoms with E-state index in [2.05, 4.69) is 37.9 Å². The average molecular weight is 553 g/mol. The van der Waals surface area contributed by atoms with Gasteiger partial charge in [0.15, 0.2) is 0 Å². The summed E-state index contributed by atoms with van der Waals surface area (Å²) in [5, 5.41) is 17.9. The molecule has 1 saturated carbocycles. The molecule has 3 N–H and O–H groups in total. The van der Waals surface area contributed by atoms with Crippen LogP contribution in [0.2, 0.25) is 0 Å². The van der Waals surface area contributed by atoms with Crippen LogP contribution in [0.15, 0.2) is 66.7 Å². The van der Waals surface area contributed by atoms with Crippen molar-refractivity contribution in [3.8, 4) is 11.8 Å². The zero-order valence-corrected chi connectivity index (χ0v) is 23.4. The lowest BCUT2D eigenvalue weighted by molar-refractivity contribution is 0.0928. The van der Waals surface area contributed by atoms with Crippen molar-refractivity contribution in [2.75, 3.05) is 53.7 Å². The summed E-state index contributed by atoms with van der Waals surface area (Å²) >= 11 is 0. The van der Waals surface area contributed by atoms with Crippen LogP contribution >= 0.6 is 0 Å². The molecule has 1 aliphatic heterocycles. The third kappa shape index (κ3) is 6.90. The zero-order valence-electron chi connectivity index (χ0n) is 23.4. The Balaban J connectivity index is 1.32. The van der Waals surface area contributed by atoms with Crippen LogP contribution in [0.1, 0.15) is 48.0 Å². The molecule has 41 heavy (non-hydrogen) atoms. The van der Waals surface area contributed by atoms with Gasteiger partial charge in [-0.1, -0.05) is 31.4 Å². The largest absolute Gasteiger partial charge is 0.495 e. The van der Waals surface area contributed by atoms with Crippen molar-refractivity contribution >= 4 is 34.7 Å². The van der Waals surface area contributed by atoms with Gasteiger partial charge in [-0.2, -0.15) is 5.26 Å². The SMILES string of the molecule is COc1ccccc1N1CCN(c2ccc(NC(=O)Nc3ccc(C#N)cc3)cc2C(=O)NC2CCCCC2)CC1. The fraction of sp³-hybridized carbons (Fsp3) is 0.344. The number of benzene rings is 3. The predicted octanol–water partition coefficient (Wildman–Crippen LogP) is 5.60. The van der Waals surface area contributed by atoms with Crippen LogP contribution < -0.4 is 30.5 Å². The van der Waals surface area contributed by atoms with Crippen molar-refractivity contribution in [3.63, 3.8) is 0 Å². The van der Waals surface area contributed by atoms with Gasteiger partial charge in [-0.15, -0.1) is 0 Å².